The molecule has 0 fully saturated rings. The average molecular weight is 646 g/mol. The molecule has 0 amide bonds. The zero-order valence-corrected chi connectivity index (χ0v) is 26.3. The van der Waals surface area contributed by atoms with E-state index in [1.165, 1.54) is 35.1 Å². The zero-order valence-electron chi connectivity index (χ0n) is 25.5. The monoisotopic (exact) mass is 645 g/mol. The molecule has 1 aliphatic rings. The molecule has 0 saturated heterocycles. The van der Waals surface area contributed by atoms with Crippen LogP contribution < -0.4 is 24.4 Å². The minimum atomic E-state index is -0.930. The first-order valence-electron chi connectivity index (χ1n) is 14.7. The highest BCUT2D eigenvalue weighted by Gasteiger charge is 2.35. The van der Waals surface area contributed by atoms with Gasteiger partial charge in [-0.15, -0.1) is 0 Å². The number of nitriles is 1. The number of hydrogen-bond acceptors (Lipinski definition) is 8. The predicted molar refractivity (Wildman–Crippen MR) is 176 cm³/mol. The van der Waals surface area contributed by atoms with Crippen molar-refractivity contribution in [3.05, 3.63) is 156 Å². The standard InChI is InChI=1S/C37H28FN3O5S/c1-3-45-36(43)31-32(25-8-5-4-6-9-25)40-37-41(33(31)26-16-18-28(38)19-17-26)35(42)30(47-37)20-27-10-7-11-29(44-2)34(27)46-22-24-14-12-23(21-39)13-15-24/h4-20,33H,3,22H2,1-2H3/b30-20-/t33-/m1/s1. The summed E-state index contributed by atoms with van der Waals surface area (Å²) in [5.74, 6) is -0.166. The Morgan fingerprint density at radius 1 is 1.02 bits per heavy atom. The first kappa shape index (κ1) is 31.2. The number of rotatable bonds is 9. The second kappa shape index (κ2) is 13.7. The number of carbonyl (C=O) groups excluding carboxylic acids is 1. The summed E-state index contributed by atoms with van der Waals surface area (Å²) in [6.45, 7) is 2.02. The Morgan fingerprint density at radius 2 is 1.77 bits per heavy atom. The fraction of sp³-hybridized carbons (Fsp3) is 0.135. The van der Waals surface area contributed by atoms with Gasteiger partial charge in [0.05, 0.1) is 47.2 Å². The maximum Gasteiger partial charge on any atom is 0.338 e. The number of fused-ring (bicyclic) bond motifs is 1. The maximum atomic E-state index is 14.3. The van der Waals surface area contributed by atoms with Gasteiger partial charge in [0, 0.05) is 11.1 Å². The summed E-state index contributed by atoms with van der Waals surface area (Å²) in [5, 5.41) is 9.12. The molecule has 0 radical (unpaired) electrons. The maximum absolute atomic E-state index is 14.3. The van der Waals surface area contributed by atoms with Crippen LogP contribution >= 0.6 is 11.3 Å². The number of thiazole rings is 1. The molecule has 1 atom stereocenters. The van der Waals surface area contributed by atoms with Crippen molar-refractivity contribution in [2.75, 3.05) is 13.7 Å². The van der Waals surface area contributed by atoms with Crippen LogP contribution in [0.1, 0.15) is 40.8 Å². The van der Waals surface area contributed by atoms with Gasteiger partial charge in [0.2, 0.25) is 0 Å². The van der Waals surface area contributed by atoms with Crippen LogP contribution in [-0.4, -0.2) is 24.3 Å². The minimum absolute atomic E-state index is 0.117. The normalized spacial score (nSPS) is 14.2. The summed E-state index contributed by atoms with van der Waals surface area (Å²) >= 11 is 1.17. The van der Waals surface area contributed by atoms with Crippen LogP contribution in [-0.2, 0) is 16.1 Å². The Morgan fingerprint density at radius 3 is 2.45 bits per heavy atom. The fourth-order valence-corrected chi connectivity index (χ4v) is 6.33. The highest BCUT2D eigenvalue weighted by molar-refractivity contribution is 7.07. The molecular weight excluding hydrogens is 617 g/mol. The van der Waals surface area contributed by atoms with Crippen LogP contribution in [0.25, 0.3) is 11.8 Å². The summed E-state index contributed by atoms with van der Waals surface area (Å²) in [5.41, 5.74) is 3.34. The Hall–Kier alpha value is -5.79. The van der Waals surface area contributed by atoms with E-state index >= 15 is 0 Å². The number of para-hydroxylation sites is 1. The van der Waals surface area contributed by atoms with E-state index in [-0.39, 0.29) is 18.8 Å². The van der Waals surface area contributed by atoms with E-state index in [1.807, 2.05) is 48.5 Å². The Kier molecular flexibility index (Phi) is 9.09. The molecule has 47 heavy (non-hydrogen) atoms. The first-order chi connectivity index (χ1) is 22.9. The van der Waals surface area contributed by atoms with E-state index in [4.69, 9.17) is 24.5 Å². The number of nitrogens with zero attached hydrogens (tertiary/aromatic N) is 3. The third kappa shape index (κ3) is 6.34. The van der Waals surface area contributed by atoms with E-state index in [1.54, 1.807) is 49.4 Å². The molecule has 6 rings (SSSR count). The third-order valence-corrected chi connectivity index (χ3v) is 8.52. The number of esters is 1. The van der Waals surface area contributed by atoms with Gasteiger partial charge in [0.25, 0.3) is 5.56 Å². The van der Waals surface area contributed by atoms with Gasteiger partial charge < -0.3 is 14.2 Å². The van der Waals surface area contributed by atoms with Crippen LogP contribution in [0.3, 0.4) is 0 Å². The van der Waals surface area contributed by atoms with Gasteiger partial charge in [-0.1, -0.05) is 78.1 Å². The Bertz CT molecular complexity index is 2200. The molecule has 234 valence electrons. The van der Waals surface area contributed by atoms with Crippen LogP contribution in [0, 0.1) is 17.1 Å². The molecule has 0 bridgehead atoms. The summed E-state index contributed by atoms with van der Waals surface area (Å²) < 4.78 is 33.2. The quantitative estimate of drug-likeness (QED) is 0.195. The van der Waals surface area contributed by atoms with E-state index in [2.05, 4.69) is 6.07 Å². The van der Waals surface area contributed by atoms with Crippen LogP contribution in [0.2, 0.25) is 0 Å². The van der Waals surface area contributed by atoms with Crippen molar-refractivity contribution in [1.29, 1.82) is 5.26 Å². The topological polar surface area (TPSA) is 103 Å². The number of carbonyl (C=O) groups is 1. The van der Waals surface area contributed by atoms with Crippen molar-refractivity contribution in [1.82, 2.24) is 4.57 Å². The molecule has 10 heteroatoms. The lowest BCUT2D eigenvalue weighted by atomic mass is 9.93. The van der Waals surface area contributed by atoms with Gasteiger partial charge in [-0.05, 0) is 54.5 Å². The molecule has 0 N–H and O–H groups in total. The second-order valence-corrected chi connectivity index (χ2v) is 11.5. The first-order valence-corrected chi connectivity index (χ1v) is 15.6. The Balaban J connectivity index is 1.53. The molecule has 0 saturated carbocycles. The lowest BCUT2D eigenvalue weighted by Gasteiger charge is -2.25. The van der Waals surface area contributed by atoms with Crippen molar-refractivity contribution in [3.63, 3.8) is 0 Å². The SMILES string of the molecule is CCOC(=O)C1=C(c2ccccc2)N=c2s/c(=C\c3cccc(OC)c3OCc3ccc(C#N)cc3)c(=O)n2[C@@H]1c1ccc(F)cc1. The zero-order chi connectivity index (χ0) is 32.9. The van der Waals surface area contributed by atoms with E-state index in [0.29, 0.717) is 48.8 Å². The highest BCUT2D eigenvalue weighted by Crippen LogP contribution is 2.36. The van der Waals surface area contributed by atoms with Crippen molar-refractivity contribution >= 4 is 29.1 Å². The van der Waals surface area contributed by atoms with E-state index in [0.717, 1.165) is 5.56 Å². The van der Waals surface area contributed by atoms with Crippen LogP contribution in [0.15, 0.2) is 112 Å². The minimum Gasteiger partial charge on any atom is -0.493 e. The molecule has 4 aromatic carbocycles. The molecular formula is C37H28FN3O5S. The predicted octanol–water partition coefficient (Wildman–Crippen LogP) is 5.53. The molecule has 0 spiro atoms. The molecule has 0 unspecified atom stereocenters. The lowest BCUT2D eigenvalue weighted by Crippen LogP contribution is -2.40. The summed E-state index contributed by atoms with van der Waals surface area (Å²) in [6.07, 6.45) is 1.71. The van der Waals surface area contributed by atoms with Gasteiger partial charge >= 0.3 is 5.97 Å². The van der Waals surface area contributed by atoms with Gasteiger partial charge in [-0.3, -0.25) is 9.36 Å². The van der Waals surface area contributed by atoms with Crippen LogP contribution in [0.5, 0.6) is 11.5 Å². The number of aromatic nitrogens is 1. The summed E-state index contributed by atoms with van der Waals surface area (Å²) in [4.78, 5) is 33.1. The average Bonchev–Trinajstić information content (AvgIpc) is 3.41. The van der Waals surface area contributed by atoms with Crippen molar-refractivity contribution in [3.8, 4) is 17.6 Å². The molecule has 5 aromatic rings. The van der Waals surface area contributed by atoms with E-state index in [9.17, 15) is 14.0 Å². The highest BCUT2D eigenvalue weighted by atomic mass is 32.1. The molecule has 0 aliphatic carbocycles. The third-order valence-electron chi connectivity index (χ3n) is 7.54. The lowest BCUT2D eigenvalue weighted by molar-refractivity contribution is -0.138. The number of ether oxygens (including phenoxy) is 3. The number of methoxy groups -OCH3 is 1. The summed E-state index contributed by atoms with van der Waals surface area (Å²) in [7, 11) is 1.53. The largest absolute Gasteiger partial charge is 0.493 e. The number of benzene rings is 4. The molecule has 8 nitrogen and oxygen atoms in total. The van der Waals surface area contributed by atoms with E-state index < -0.39 is 23.4 Å². The smallest absolute Gasteiger partial charge is 0.338 e. The number of hydrogen-bond donors (Lipinski definition) is 0. The molecule has 1 aromatic heterocycles. The van der Waals surface area contributed by atoms with Crippen LogP contribution in [0.4, 0.5) is 4.39 Å². The molecule has 2 heterocycles. The molecule has 1 aliphatic heterocycles. The summed E-state index contributed by atoms with van der Waals surface area (Å²) in [6, 6.07) is 28.5. The van der Waals surface area contributed by atoms with Gasteiger partial charge in [-0.2, -0.15) is 5.26 Å². The van der Waals surface area contributed by atoms with Gasteiger partial charge in [-0.25, -0.2) is 14.2 Å². The fourth-order valence-electron chi connectivity index (χ4n) is 5.33. The van der Waals surface area contributed by atoms with Crippen molar-refractivity contribution in [2.24, 2.45) is 4.99 Å². The van der Waals surface area contributed by atoms with Crippen molar-refractivity contribution in [2.45, 2.75) is 19.6 Å². The van der Waals surface area contributed by atoms with Crippen molar-refractivity contribution < 1.29 is 23.4 Å². The van der Waals surface area contributed by atoms with Gasteiger partial charge in [0.1, 0.15) is 12.4 Å². The Labute approximate surface area is 273 Å². The number of halogens is 1. The van der Waals surface area contributed by atoms with Gasteiger partial charge in [0.15, 0.2) is 16.3 Å². The second-order valence-electron chi connectivity index (χ2n) is 10.5.